The first-order valence-electron chi connectivity index (χ1n) is 3.33. The molecule has 74 valence electrons. The molecular formula is C6H4N2O5S. The molecule has 0 saturated carbocycles. The summed E-state index contributed by atoms with van der Waals surface area (Å²) in [7, 11) is 0. The fourth-order valence-electron chi connectivity index (χ4n) is 0.697. The van der Waals surface area contributed by atoms with Crippen molar-refractivity contribution in [2.45, 2.75) is 4.90 Å². The first-order valence-corrected chi connectivity index (χ1v) is 4.07. The summed E-state index contributed by atoms with van der Waals surface area (Å²) in [5, 5.41) is 19.1. The highest BCUT2D eigenvalue weighted by Gasteiger charge is 2.05. The van der Waals surface area contributed by atoms with E-state index in [-0.39, 0.29) is 5.69 Å². The molecule has 0 aromatic heterocycles. The topological polar surface area (TPSA) is 95.5 Å². The normalized spacial score (nSPS) is 9.43. The van der Waals surface area contributed by atoms with Gasteiger partial charge < -0.3 is 0 Å². The smallest absolute Gasteiger partial charge is 0.258 e. The van der Waals surface area contributed by atoms with Crippen molar-refractivity contribution in [1.82, 2.24) is 0 Å². The minimum Gasteiger partial charge on any atom is -0.258 e. The molecule has 1 aromatic carbocycles. The van der Waals surface area contributed by atoms with E-state index in [1.54, 1.807) is 0 Å². The van der Waals surface area contributed by atoms with Gasteiger partial charge in [-0.25, -0.2) is 4.28 Å². The third-order valence-electron chi connectivity index (χ3n) is 1.24. The molecule has 0 bridgehead atoms. The average Bonchev–Trinajstić information content (AvgIpc) is 2.15. The third kappa shape index (κ3) is 2.90. The Balaban J connectivity index is 2.64. The van der Waals surface area contributed by atoms with Crippen molar-refractivity contribution in [2.75, 3.05) is 0 Å². The number of benzene rings is 1. The molecule has 0 aliphatic rings. The molecule has 0 unspecified atom stereocenters. The number of nitrogens with zero attached hydrogens (tertiary/aromatic N) is 2. The molecule has 0 spiro atoms. The van der Waals surface area contributed by atoms with Crippen LogP contribution >= 0.6 is 12.0 Å². The summed E-state index contributed by atoms with van der Waals surface area (Å²) in [6.07, 6.45) is 0. The lowest BCUT2D eigenvalue weighted by Crippen LogP contribution is -1.91. The summed E-state index contributed by atoms with van der Waals surface area (Å²) in [6.45, 7) is 0. The second kappa shape index (κ2) is 4.42. The van der Waals surface area contributed by atoms with Crippen LogP contribution in [-0.2, 0) is 4.28 Å². The first kappa shape index (κ1) is 10.3. The summed E-state index contributed by atoms with van der Waals surface area (Å²) >= 11 is 0.527. The Hall–Kier alpha value is -1.83. The van der Waals surface area contributed by atoms with Crippen molar-refractivity contribution in [3.8, 4) is 0 Å². The maximum absolute atomic E-state index is 10.2. The molecular weight excluding hydrogens is 212 g/mol. The van der Waals surface area contributed by atoms with Crippen molar-refractivity contribution in [1.29, 1.82) is 0 Å². The average molecular weight is 216 g/mol. The summed E-state index contributed by atoms with van der Waals surface area (Å²) < 4.78 is 4.00. The van der Waals surface area contributed by atoms with Crippen molar-refractivity contribution < 1.29 is 14.3 Å². The molecule has 8 heteroatoms. The van der Waals surface area contributed by atoms with Gasteiger partial charge in [0.2, 0.25) is 0 Å². The van der Waals surface area contributed by atoms with Gasteiger partial charge in [-0.15, -0.1) is 10.1 Å². The van der Waals surface area contributed by atoms with Crippen molar-refractivity contribution in [3.05, 3.63) is 44.5 Å². The van der Waals surface area contributed by atoms with Crippen LogP contribution in [0.25, 0.3) is 0 Å². The van der Waals surface area contributed by atoms with Gasteiger partial charge >= 0.3 is 5.09 Å². The SMILES string of the molecule is O=[N+]([O-])OSc1ccc([N+](=O)[O-])cc1. The van der Waals surface area contributed by atoms with Gasteiger partial charge in [-0.3, -0.25) is 10.1 Å². The number of hydrogen-bond donors (Lipinski definition) is 0. The van der Waals surface area contributed by atoms with Crippen molar-refractivity contribution in [3.63, 3.8) is 0 Å². The Morgan fingerprint density at radius 2 is 1.71 bits per heavy atom. The Labute approximate surface area is 82.1 Å². The van der Waals surface area contributed by atoms with Gasteiger partial charge in [-0.2, -0.15) is 0 Å². The number of non-ortho nitro benzene ring substituents is 1. The third-order valence-corrected chi connectivity index (χ3v) is 1.90. The maximum atomic E-state index is 10.2. The Morgan fingerprint density at radius 3 is 2.14 bits per heavy atom. The highest BCUT2D eigenvalue weighted by atomic mass is 32.2. The molecule has 0 N–H and O–H groups in total. The first-order chi connectivity index (χ1) is 6.59. The van der Waals surface area contributed by atoms with Crippen LogP contribution < -0.4 is 0 Å². The van der Waals surface area contributed by atoms with E-state index in [1.165, 1.54) is 24.3 Å². The van der Waals surface area contributed by atoms with E-state index in [1.807, 2.05) is 0 Å². The summed E-state index contributed by atoms with van der Waals surface area (Å²) in [6, 6.07) is 5.22. The van der Waals surface area contributed by atoms with Crippen molar-refractivity contribution in [2.24, 2.45) is 0 Å². The zero-order valence-corrected chi connectivity index (χ0v) is 7.47. The molecule has 0 aliphatic carbocycles. The second-order valence-electron chi connectivity index (χ2n) is 2.13. The summed E-state index contributed by atoms with van der Waals surface area (Å²) in [4.78, 5) is 19.9. The van der Waals surface area contributed by atoms with Crippen LogP contribution in [0, 0.1) is 20.2 Å². The van der Waals surface area contributed by atoms with E-state index >= 15 is 0 Å². The highest BCUT2D eigenvalue weighted by molar-refractivity contribution is 7.94. The number of nitro groups is 1. The van der Waals surface area contributed by atoms with E-state index in [0.29, 0.717) is 16.9 Å². The number of rotatable bonds is 4. The molecule has 0 aliphatic heterocycles. The monoisotopic (exact) mass is 216 g/mol. The molecule has 0 atom stereocenters. The Bertz CT molecular complexity index is 352. The van der Waals surface area contributed by atoms with Crippen LogP contribution in [0.3, 0.4) is 0 Å². The lowest BCUT2D eigenvalue weighted by atomic mass is 10.3. The maximum Gasteiger partial charge on any atom is 0.306 e. The molecule has 0 fully saturated rings. The Morgan fingerprint density at radius 1 is 1.14 bits per heavy atom. The fraction of sp³-hybridized carbons (Fsp3) is 0. The van der Waals surface area contributed by atoms with Gasteiger partial charge in [-0.05, 0) is 12.1 Å². The van der Waals surface area contributed by atoms with Crippen LogP contribution in [0.15, 0.2) is 29.2 Å². The molecule has 0 saturated heterocycles. The van der Waals surface area contributed by atoms with E-state index < -0.39 is 10.0 Å². The van der Waals surface area contributed by atoms with Gasteiger partial charge in [0.25, 0.3) is 5.69 Å². The highest BCUT2D eigenvalue weighted by Crippen LogP contribution is 2.21. The number of hydrogen-bond acceptors (Lipinski definition) is 6. The molecule has 7 nitrogen and oxygen atoms in total. The second-order valence-corrected chi connectivity index (χ2v) is 2.92. The standard InChI is InChI=1S/C6H4N2O5S/c9-7(10)5-1-3-6(4-2-5)14-13-8(11)12/h1-4H. The molecule has 14 heavy (non-hydrogen) atoms. The molecule has 0 heterocycles. The van der Waals surface area contributed by atoms with E-state index in [2.05, 4.69) is 4.28 Å². The predicted molar refractivity (Wildman–Crippen MR) is 47.0 cm³/mol. The molecule has 0 radical (unpaired) electrons. The van der Waals surface area contributed by atoms with Crippen molar-refractivity contribution >= 4 is 17.7 Å². The Kier molecular flexibility index (Phi) is 3.24. The zero-order chi connectivity index (χ0) is 10.6. The quantitative estimate of drug-likeness (QED) is 0.432. The van der Waals surface area contributed by atoms with Crippen LogP contribution in [0.4, 0.5) is 5.69 Å². The minimum atomic E-state index is -0.952. The van der Waals surface area contributed by atoms with E-state index in [9.17, 15) is 20.2 Å². The van der Waals surface area contributed by atoms with Gasteiger partial charge in [-0.1, -0.05) is 0 Å². The van der Waals surface area contributed by atoms with Gasteiger partial charge in [0.15, 0.2) is 0 Å². The molecule has 1 rings (SSSR count). The summed E-state index contributed by atoms with van der Waals surface area (Å²) in [5.74, 6) is 0. The largest absolute Gasteiger partial charge is 0.306 e. The summed E-state index contributed by atoms with van der Waals surface area (Å²) in [5.41, 5.74) is -0.0737. The lowest BCUT2D eigenvalue weighted by molar-refractivity contribution is -0.707. The predicted octanol–water partition coefficient (Wildman–Crippen LogP) is 1.81. The minimum absolute atomic E-state index is 0.0737. The van der Waals surface area contributed by atoms with Crippen LogP contribution in [-0.4, -0.2) is 10.0 Å². The van der Waals surface area contributed by atoms with Crippen LogP contribution in [0.5, 0.6) is 0 Å². The van der Waals surface area contributed by atoms with Gasteiger partial charge in [0.05, 0.1) is 17.0 Å². The molecule has 1 aromatic rings. The fourth-order valence-corrected chi connectivity index (χ4v) is 1.09. The number of nitro benzene ring substituents is 1. The van der Waals surface area contributed by atoms with Crippen LogP contribution in [0.1, 0.15) is 0 Å². The lowest BCUT2D eigenvalue weighted by Gasteiger charge is -1.96. The zero-order valence-electron chi connectivity index (χ0n) is 6.65. The van der Waals surface area contributed by atoms with Gasteiger partial charge in [0.1, 0.15) is 0 Å². The molecule has 0 amide bonds. The van der Waals surface area contributed by atoms with Gasteiger partial charge in [0, 0.05) is 17.0 Å². The van der Waals surface area contributed by atoms with E-state index in [4.69, 9.17) is 0 Å². The van der Waals surface area contributed by atoms with Crippen LogP contribution in [0.2, 0.25) is 0 Å². The van der Waals surface area contributed by atoms with E-state index in [0.717, 1.165) is 0 Å².